The van der Waals surface area contributed by atoms with E-state index in [-0.39, 0.29) is 0 Å². The van der Waals surface area contributed by atoms with Crippen molar-refractivity contribution in [2.24, 2.45) is 5.92 Å². The van der Waals surface area contributed by atoms with E-state index in [1.165, 1.54) is 25.5 Å². The summed E-state index contributed by atoms with van der Waals surface area (Å²) in [6, 6.07) is 9.17. The van der Waals surface area contributed by atoms with Crippen molar-refractivity contribution in [1.29, 1.82) is 0 Å². The average molecular weight is 324 g/mol. The molecule has 0 saturated carbocycles. The number of halogens is 1. The van der Waals surface area contributed by atoms with Crippen molar-refractivity contribution >= 4 is 17.8 Å². The number of hydrogen-bond acceptors (Lipinski definition) is 4. The van der Waals surface area contributed by atoms with E-state index < -0.39 is 6.16 Å². The van der Waals surface area contributed by atoms with E-state index in [1.54, 1.807) is 0 Å². The van der Waals surface area contributed by atoms with Crippen LogP contribution in [0.15, 0.2) is 24.3 Å². The summed E-state index contributed by atoms with van der Waals surface area (Å²) in [7, 11) is 3.53. The molecular weight excluding hydrogens is 302 g/mol. The molecule has 22 heavy (non-hydrogen) atoms. The first-order valence-corrected chi connectivity index (χ1v) is 8.16. The molecule has 0 aromatic heterocycles. The third-order valence-electron chi connectivity index (χ3n) is 5.29. The molecule has 0 amide bonds. The molecule has 3 unspecified atom stereocenters. The Kier molecular flexibility index (Phi) is 4.59. The molecule has 2 saturated heterocycles. The second-order valence-electron chi connectivity index (χ2n) is 6.29. The van der Waals surface area contributed by atoms with Crippen LogP contribution in [0.25, 0.3) is 0 Å². The molecule has 2 fully saturated rings. The zero-order valence-electron chi connectivity index (χ0n) is 13.0. The summed E-state index contributed by atoms with van der Waals surface area (Å²) in [5.41, 5.74) is 1.29. The van der Waals surface area contributed by atoms with Crippen LogP contribution in [-0.4, -0.2) is 43.9 Å². The minimum absolute atomic E-state index is 0.295. The number of piperidine rings is 1. The van der Waals surface area contributed by atoms with Gasteiger partial charge in [-0.1, -0.05) is 23.7 Å². The fraction of sp³-hybridized carbons (Fsp3) is 0.588. The number of carbonyl (C=O) groups excluding carboxylic acids is 1. The Labute approximate surface area is 136 Å². The molecule has 2 aliphatic rings. The fourth-order valence-electron chi connectivity index (χ4n) is 4.12. The van der Waals surface area contributed by atoms with E-state index in [0.717, 1.165) is 11.4 Å². The molecule has 2 aliphatic heterocycles. The minimum Gasteiger partial charge on any atom is -0.438 e. The van der Waals surface area contributed by atoms with Crippen LogP contribution < -0.4 is 0 Å². The second-order valence-corrected chi connectivity index (χ2v) is 6.72. The lowest BCUT2D eigenvalue weighted by molar-refractivity contribution is 0.0193. The molecule has 5 heteroatoms. The third-order valence-corrected chi connectivity index (χ3v) is 5.54. The van der Waals surface area contributed by atoms with Gasteiger partial charge in [-0.2, -0.15) is 0 Å². The Hall–Kier alpha value is -1.26. The number of carbonyl (C=O) groups is 1. The van der Waals surface area contributed by atoms with Crippen molar-refractivity contribution in [1.82, 2.24) is 4.90 Å². The van der Waals surface area contributed by atoms with Gasteiger partial charge < -0.3 is 14.4 Å². The predicted octanol–water partition coefficient (Wildman–Crippen LogP) is 3.69. The standard InChI is InChI=1S/C17H22ClNO3/c1-19-13-7-8-16(19)15(10-22-17(20)21-2)14(9-13)11-3-5-12(18)6-4-11/h3-6,13-16H,7-10H2,1-2H3/t13?,14-,15?,16?/m1/s1. The van der Waals surface area contributed by atoms with E-state index >= 15 is 0 Å². The maximum atomic E-state index is 11.4. The lowest BCUT2D eigenvalue weighted by Crippen LogP contribution is -2.47. The molecule has 4 atom stereocenters. The summed E-state index contributed by atoms with van der Waals surface area (Å²) in [5.74, 6) is 0.694. The highest BCUT2D eigenvalue weighted by atomic mass is 35.5. The maximum Gasteiger partial charge on any atom is 0.507 e. The fourth-order valence-corrected chi connectivity index (χ4v) is 4.25. The molecule has 1 aromatic rings. The van der Waals surface area contributed by atoms with Gasteiger partial charge in [0.05, 0.1) is 13.7 Å². The van der Waals surface area contributed by atoms with E-state index in [4.69, 9.17) is 16.3 Å². The van der Waals surface area contributed by atoms with Gasteiger partial charge in [0.15, 0.2) is 0 Å². The first-order valence-electron chi connectivity index (χ1n) is 7.78. The van der Waals surface area contributed by atoms with Crippen LogP contribution in [-0.2, 0) is 9.47 Å². The van der Waals surface area contributed by atoms with Crippen LogP contribution in [0.5, 0.6) is 0 Å². The molecular formula is C17H22ClNO3. The van der Waals surface area contributed by atoms with Crippen LogP contribution in [0.1, 0.15) is 30.7 Å². The van der Waals surface area contributed by atoms with Gasteiger partial charge in [0.1, 0.15) is 0 Å². The smallest absolute Gasteiger partial charge is 0.438 e. The molecule has 3 rings (SSSR count). The predicted molar refractivity (Wildman–Crippen MR) is 85.2 cm³/mol. The molecule has 120 valence electrons. The minimum atomic E-state index is -0.599. The van der Waals surface area contributed by atoms with Gasteiger partial charge >= 0.3 is 6.16 Å². The molecule has 2 heterocycles. The first-order chi connectivity index (χ1) is 10.6. The van der Waals surface area contributed by atoms with Crippen molar-refractivity contribution < 1.29 is 14.3 Å². The van der Waals surface area contributed by atoms with Crippen molar-refractivity contribution in [2.45, 2.75) is 37.3 Å². The normalized spacial score (nSPS) is 31.0. The van der Waals surface area contributed by atoms with Crippen molar-refractivity contribution in [2.75, 3.05) is 20.8 Å². The van der Waals surface area contributed by atoms with Crippen LogP contribution in [0.2, 0.25) is 5.02 Å². The Bertz CT molecular complexity index is 533. The monoisotopic (exact) mass is 323 g/mol. The molecule has 0 N–H and O–H groups in total. The molecule has 1 aromatic carbocycles. The number of benzene rings is 1. The third kappa shape index (κ3) is 2.95. The van der Waals surface area contributed by atoms with Crippen LogP contribution in [0.4, 0.5) is 4.79 Å². The van der Waals surface area contributed by atoms with Gasteiger partial charge in [-0.15, -0.1) is 0 Å². The number of ether oxygens (including phenoxy) is 2. The summed E-state index contributed by atoms with van der Waals surface area (Å²) in [5, 5.41) is 0.752. The number of nitrogens with zero attached hydrogens (tertiary/aromatic N) is 1. The Morgan fingerprint density at radius 2 is 2.05 bits per heavy atom. The molecule has 0 radical (unpaired) electrons. The second kappa shape index (κ2) is 6.47. The average Bonchev–Trinajstić information content (AvgIpc) is 2.77. The maximum absolute atomic E-state index is 11.4. The topological polar surface area (TPSA) is 38.8 Å². The lowest BCUT2D eigenvalue weighted by Gasteiger charge is -2.43. The summed E-state index contributed by atoms with van der Waals surface area (Å²) < 4.78 is 9.90. The van der Waals surface area contributed by atoms with Crippen molar-refractivity contribution in [3.05, 3.63) is 34.9 Å². The number of methoxy groups -OCH3 is 1. The van der Waals surface area contributed by atoms with Gasteiger partial charge in [0.2, 0.25) is 0 Å². The van der Waals surface area contributed by atoms with Crippen LogP contribution >= 0.6 is 11.6 Å². The van der Waals surface area contributed by atoms with Crippen molar-refractivity contribution in [3.63, 3.8) is 0 Å². The van der Waals surface area contributed by atoms with E-state index in [9.17, 15) is 4.79 Å². The Morgan fingerprint density at radius 3 is 2.73 bits per heavy atom. The highest BCUT2D eigenvalue weighted by Crippen LogP contribution is 2.46. The van der Waals surface area contributed by atoms with E-state index in [0.29, 0.717) is 30.5 Å². The van der Waals surface area contributed by atoms with Gasteiger partial charge in [-0.3, -0.25) is 0 Å². The highest BCUT2D eigenvalue weighted by molar-refractivity contribution is 6.30. The van der Waals surface area contributed by atoms with Gasteiger partial charge in [-0.25, -0.2) is 4.79 Å². The van der Waals surface area contributed by atoms with E-state index in [1.807, 2.05) is 12.1 Å². The summed E-state index contributed by atoms with van der Waals surface area (Å²) in [6.07, 6.45) is 2.89. The molecule has 0 aliphatic carbocycles. The lowest BCUT2D eigenvalue weighted by atomic mass is 9.76. The number of hydrogen-bond donors (Lipinski definition) is 0. The quantitative estimate of drug-likeness (QED) is 0.795. The summed E-state index contributed by atoms with van der Waals surface area (Å²) in [4.78, 5) is 13.8. The molecule has 2 bridgehead atoms. The zero-order valence-corrected chi connectivity index (χ0v) is 13.8. The summed E-state index contributed by atoms with van der Waals surface area (Å²) >= 11 is 6.01. The van der Waals surface area contributed by atoms with Gasteiger partial charge in [0, 0.05) is 23.0 Å². The van der Waals surface area contributed by atoms with Crippen LogP contribution in [0.3, 0.4) is 0 Å². The number of fused-ring (bicyclic) bond motifs is 2. The molecule has 4 nitrogen and oxygen atoms in total. The SMILES string of the molecule is COC(=O)OCC1C2CCC(C[C@@H]1c1ccc(Cl)cc1)N2C. The largest absolute Gasteiger partial charge is 0.507 e. The Balaban J connectivity index is 1.82. The van der Waals surface area contributed by atoms with Gasteiger partial charge in [-0.05, 0) is 49.9 Å². The zero-order chi connectivity index (χ0) is 15.7. The van der Waals surface area contributed by atoms with Crippen LogP contribution in [0, 0.1) is 5.92 Å². The number of rotatable bonds is 3. The summed E-state index contributed by atoms with van der Waals surface area (Å²) in [6.45, 7) is 0.404. The highest BCUT2D eigenvalue weighted by Gasteiger charge is 2.46. The van der Waals surface area contributed by atoms with Crippen molar-refractivity contribution in [3.8, 4) is 0 Å². The first kappa shape index (κ1) is 15.6. The van der Waals surface area contributed by atoms with E-state index in [2.05, 4.69) is 28.8 Å². The Morgan fingerprint density at radius 1 is 1.32 bits per heavy atom. The molecule has 0 spiro atoms. The van der Waals surface area contributed by atoms with Gasteiger partial charge in [0.25, 0.3) is 0 Å².